The molecule has 3 rings (SSSR count). The summed E-state index contributed by atoms with van der Waals surface area (Å²) in [7, 11) is 4.93. The topological polar surface area (TPSA) is 79.9 Å². The van der Waals surface area contributed by atoms with Crippen LogP contribution >= 0.6 is 0 Å². The number of hydrogen-bond acceptors (Lipinski definition) is 5. The molecule has 1 heterocycles. The second-order valence-electron chi connectivity index (χ2n) is 7.97. The maximum absolute atomic E-state index is 13.0. The molecule has 154 valence electrons. The molecule has 0 spiro atoms. The van der Waals surface area contributed by atoms with Gasteiger partial charge in [0.15, 0.2) is 18.1 Å². The van der Waals surface area contributed by atoms with Gasteiger partial charge in [-0.05, 0) is 43.0 Å². The first-order valence-electron chi connectivity index (χ1n) is 9.95. The molecule has 0 unspecified atom stereocenters. The number of amides is 2. The van der Waals surface area contributed by atoms with E-state index >= 15 is 0 Å². The first kappa shape index (κ1) is 20.5. The van der Waals surface area contributed by atoms with Crippen LogP contribution in [0, 0.1) is 11.3 Å². The molecule has 2 aliphatic rings. The third-order valence-corrected chi connectivity index (χ3v) is 6.02. The molecule has 7 nitrogen and oxygen atoms in total. The highest BCUT2D eigenvalue weighted by molar-refractivity contribution is 5.84. The highest BCUT2D eigenvalue weighted by Crippen LogP contribution is 2.44. The second kappa shape index (κ2) is 8.82. The summed E-state index contributed by atoms with van der Waals surface area (Å²) in [6.45, 7) is 2.12. The van der Waals surface area contributed by atoms with E-state index in [0.29, 0.717) is 24.0 Å². The molecule has 0 aromatic heterocycles. The lowest BCUT2D eigenvalue weighted by Crippen LogP contribution is -2.47. The maximum Gasteiger partial charge on any atom is 0.259 e. The normalized spacial score (nSPS) is 23.6. The fourth-order valence-corrected chi connectivity index (χ4v) is 4.26. The van der Waals surface area contributed by atoms with Crippen LogP contribution < -0.4 is 20.1 Å². The first-order valence-corrected chi connectivity index (χ1v) is 9.95. The molecule has 28 heavy (non-hydrogen) atoms. The van der Waals surface area contributed by atoms with Gasteiger partial charge in [-0.3, -0.25) is 9.59 Å². The number of nitrogens with zero attached hydrogens (tertiary/aromatic N) is 1. The summed E-state index contributed by atoms with van der Waals surface area (Å²) in [6.07, 6.45) is 4.44. The molecule has 2 fully saturated rings. The van der Waals surface area contributed by atoms with Gasteiger partial charge in [-0.25, -0.2) is 0 Å². The Hall–Kier alpha value is -2.28. The van der Waals surface area contributed by atoms with Crippen molar-refractivity contribution in [2.45, 2.75) is 32.2 Å². The number of benzene rings is 1. The van der Waals surface area contributed by atoms with Gasteiger partial charge in [0.2, 0.25) is 5.91 Å². The van der Waals surface area contributed by atoms with Crippen molar-refractivity contribution < 1.29 is 19.1 Å². The van der Waals surface area contributed by atoms with Crippen molar-refractivity contribution in [3.8, 4) is 11.5 Å². The number of methoxy groups -OCH3 is 1. The highest BCUT2D eigenvalue weighted by atomic mass is 16.5. The monoisotopic (exact) mass is 389 g/mol. The largest absolute Gasteiger partial charge is 0.493 e. The molecule has 0 bridgehead atoms. The minimum atomic E-state index is -0.252. The number of likely N-dealkylation sites (N-methyl/N-ethyl adjacent to an activating group) is 1. The molecule has 7 heteroatoms. The van der Waals surface area contributed by atoms with E-state index in [0.717, 1.165) is 37.9 Å². The highest BCUT2D eigenvalue weighted by Gasteiger charge is 2.49. The van der Waals surface area contributed by atoms with Gasteiger partial charge in [-0.1, -0.05) is 18.9 Å². The van der Waals surface area contributed by atoms with Crippen LogP contribution in [0.4, 0.5) is 0 Å². The third kappa shape index (κ3) is 4.24. The van der Waals surface area contributed by atoms with E-state index in [1.165, 1.54) is 11.3 Å². The molecular weight excluding hydrogens is 358 g/mol. The van der Waals surface area contributed by atoms with Crippen LogP contribution in [0.5, 0.6) is 11.5 Å². The van der Waals surface area contributed by atoms with Crippen LogP contribution in [-0.2, 0) is 16.1 Å². The molecule has 1 saturated heterocycles. The Bertz CT molecular complexity index is 722. The lowest BCUT2D eigenvalue weighted by Gasteiger charge is -2.37. The fourth-order valence-electron chi connectivity index (χ4n) is 4.26. The van der Waals surface area contributed by atoms with Crippen molar-refractivity contribution >= 4 is 11.8 Å². The van der Waals surface area contributed by atoms with E-state index in [2.05, 4.69) is 10.6 Å². The maximum atomic E-state index is 13.0. The smallest absolute Gasteiger partial charge is 0.259 e. The Morgan fingerprint density at radius 3 is 2.86 bits per heavy atom. The summed E-state index contributed by atoms with van der Waals surface area (Å²) in [5.74, 6) is 1.54. The summed E-state index contributed by atoms with van der Waals surface area (Å²) in [6, 6.07) is 5.52. The number of hydrogen-bond donors (Lipinski definition) is 2. The van der Waals surface area contributed by atoms with Crippen LogP contribution in [0.3, 0.4) is 0 Å². The number of ether oxygens (including phenoxy) is 2. The number of carbonyl (C=O) groups is 2. The Balaban J connectivity index is 1.61. The molecule has 1 aliphatic carbocycles. The van der Waals surface area contributed by atoms with E-state index in [4.69, 9.17) is 9.47 Å². The molecule has 2 amide bonds. The van der Waals surface area contributed by atoms with Crippen LogP contribution in [0.25, 0.3) is 0 Å². The van der Waals surface area contributed by atoms with Crippen molar-refractivity contribution in [3.63, 3.8) is 0 Å². The minimum absolute atomic E-state index is 0.0453. The predicted molar refractivity (Wildman–Crippen MR) is 106 cm³/mol. The van der Waals surface area contributed by atoms with Gasteiger partial charge in [0.1, 0.15) is 0 Å². The van der Waals surface area contributed by atoms with Gasteiger partial charge < -0.3 is 25.0 Å². The summed E-state index contributed by atoms with van der Waals surface area (Å²) < 4.78 is 11.0. The molecule has 0 radical (unpaired) electrons. The number of carbonyl (C=O) groups excluding carboxylic acids is 2. The molecule has 1 aromatic carbocycles. The van der Waals surface area contributed by atoms with Crippen molar-refractivity contribution in [3.05, 3.63) is 23.8 Å². The van der Waals surface area contributed by atoms with Crippen molar-refractivity contribution in [1.29, 1.82) is 0 Å². The summed E-state index contributed by atoms with van der Waals surface area (Å²) in [5.41, 5.74) is 0.684. The summed E-state index contributed by atoms with van der Waals surface area (Å²) >= 11 is 0. The van der Waals surface area contributed by atoms with Crippen LogP contribution in [0.15, 0.2) is 18.2 Å². The molecule has 2 atom stereocenters. The van der Waals surface area contributed by atoms with Crippen molar-refractivity contribution in [2.24, 2.45) is 11.3 Å². The van der Waals surface area contributed by atoms with Crippen LogP contribution in [0.2, 0.25) is 0 Å². The fraction of sp³-hybridized carbons (Fsp3) is 0.619. The Labute approximate surface area is 166 Å². The van der Waals surface area contributed by atoms with Gasteiger partial charge in [0.25, 0.3) is 5.91 Å². The summed E-state index contributed by atoms with van der Waals surface area (Å²) in [5, 5.41) is 6.54. The predicted octanol–water partition coefficient (Wildman–Crippen LogP) is 1.56. The Morgan fingerprint density at radius 1 is 1.29 bits per heavy atom. The third-order valence-electron chi connectivity index (χ3n) is 6.02. The van der Waals surface area contributed by atoms with Gasteiger partial charge in [-0.15, -0.1) is 0 Å². The van der Waals surface area contributed by atoms with E-state index in [9.17, 15) is 9.59 Å². The minimum Gasteiger partial charge on any atom is -0.493 e. The van der Waals surface area contributed by atoms with Gasteiger partial charge in [0, 0.05) is 27.2 Å². The van der Waals surface area contributed by atoms with Crippen LogP contribution in [-0.4, -0.2) is 57.6 Å². The number of fused-ring (bicyclic) bond motifs is 1. The number of nitrogens with one attached hydrogen (secondary N) is 2. The zero-order valence-corrected chi connectivity index (χ0v) is 17.0. The van der Waals surface area contributed by atoms with Crippen molar-refractivity contribution in [1.82, 2.24) is 15.5 Å². The zero-order valence-electron chi connectivity index (χ0n) is 17.0. The molecule has 1 aromatic rings. The lowest BCUT2D eigenvalue weighted by atomic mass is 9.67. The van der Waals surface area contributed by atoms with E-state index in [1.807, 2.05) is 12.1 Å². The first-order chi connectivity index (χ1) is 13.5. The molecule has 1 aliphatic heterocycles. The Morgan fingerprint density at radius 2 is 2.11 bits per heavy atom. The standard InChI is InChI=1S/C21H31N3O4/c1-24(2)19(25)13-28-17-8-7-15(10-18(17)27-3)11-23-20(26)21-9-5-4-6-16(21)12-22-14-21/h7-8,10,16,22H,4-6,9,11-14H2,1-3H3,(H,23,26)/t16-,21+/m0/s1. The van der Waals surface area contributed by atoms with Gasteiger partial charge in [-0.2, -0.15) is 0 Å². The SMILES string of the molecule is COc1cc(CNC(=O)[C@@]23CCCC[C@H]2CNC3)ccc1OCC(=O)N(C)C. The zero-order chi connectivity index (χ0) is 20.1. The van der Waals surface area contributed by atoms with Gasteiger partial charge >= 0.3 is 0 Å². The second-order valence-corrected chi connectivity index (χ2v) is 7.97. The summed E-state index contributed by atoms with van der Waals surface area (Å²) in [4.78, 5) is 26.2. The van der Waals surface area contributed by atoms with Crippen LogP contribution in [0.1, 0.15) is 31.2 Å². The quantitative estimate of drug-likeness (QED) is 0.740. The molecule has 2 N–H and O–H groups in total. The average Bonchev–Trinajstić information content (AvgIpc) is 3.15. The average molecular weight is 389 g/mol. The van der Waals surface area contributed by atoms with Crippen molar-refractivity contribution in [2.75, 3.05) is 40.9 Å². The number of rotatable bonds is 7. The van der Waals surface area contributed by atoms with E-state index in [1.54, 1.807) is 27.3 Å². The lowest BCUT2D eigenvalue weighted by molar-refractivity contribution is -0.134. The Kier molecular flexibility index (Phi) is 6.44. The molecular formula is C21H31N3O4. The van der Waals surface area contributed by atoms with Gasteiger partial charge in [0.05, 0.1) is 12.5 Å². The van der Waals surface area contributed by atoms with E-state index < -0.39 is 0 Å². The molecule has 1 saturated carbocycles. The van der Waals surface area contributed by atoms with E-state index in [-0.39, 0.29) is 23.8 Å².